The van der Waals surface area contributed by atoms with Gasteiger partial charge >= 0.3 is 0 Å². The number of hydrogen-bond acceptors (Lipinski definition) is 3. The van der Waals surface area contributed by atoms with Gasteiger partial charge in [0.05, 0.1) is 0 Å². The molecule has 18 heavy (non-hydrogen) atoms. The average molecular weight is 255 g/mol. The molecule has 106 valence electrons. The number of nitrogens with one attached hydrogen (secondary N) is 1. The van der Waals surface area contributed by atoms with Crippen LogP contribution in [-0.2, 0) is 0 Å². The highest BCUT2D eigenvalue weighted by Crippen LogP contribution is 2.28. The first kappa shape index (κ1) is 15.3. The van der Waals surface area contributed by atoms with Crippen molar-refractivity contribution in [3.8, 4) is 0 Å². The van der Waals surface area contributed by atoms with E-state index >= 15 is 0 Å². The highest BCUT2D eigenvalue weighted by atomic mass is 16.4. The maximum atomic E-state index is 8.65. The second kappa shape index (κ2) is 8.35. The zero-order valence-electron chi connectivity index (χ0n) is 11.9. The summed E-state index contributed by atoms with van der Waals surface area (Å²) in [6.07, 6.45) is 9.66. The van der Waals surface area contributed by atoms with Gasteiger partial charge in [0, 0.05) is 18.5 Å². The van der Waals surface area contributed by atoms with Gasteiger partial charge in [-0.25, -0.2) is 0 Å². The number of nitrogens with two attached hydrogens (primary N) is 1. The van der Waals surface area contributed by atoms with Crippen LogP contribution in [0, 0.1) is 5.92 Å². The summed E-state index contributed by atoms with van der Waals surface area (Å²) < 4.78 is 0. The SMILES string of the molecule is CCC(CC(N)=NO)NC(CC)C1CCCCC1. The van der Waals surface area contributed by atoms with E-state index in [0.29, 0.717) is 24.3 Å². The minimum Gasteiger partial charge on any atom is -0.409 e. The molecule has 0 aromatic carbocycles. The van der Waals surface area contributed by atoms with Crippen molar-refractivity contribution in [3.63, 3.8) is 0 Å². The van der Waals surface area contributed by atoms with Gasteiger partial charge in [0.1, 0.15) is 5.84 Å². The first-order chi connectivity index (χ1) is 8.71. The maximum Gasteiger partial charge on any atom is 0.140 e. The summed E-state index contributed by atoms with van der Waals surface area (Å²) in [4.78, 5) is 0. The molecule has 0 amide bonds. The molecule has 0 spiro atoms. The van der Waals surface area contributed by atoms with Crippen molar-refractivity contribution in [3.05, 3.63) is 0 Å². The van der Waals surface area contributed by atoms with Crippen molar-refractivity contribution in [2.24, 2.45) is 16.8 Å². The Hall–Kier alpha value is -0.770. The Morgan fingerprint density at radius 3 is 2.44 bits per heavy atom. The van der Waals surface area contributed by atoms with Crippen LogP contribution in [0.25, 0.3) is 0 Å². The fraction of sp³-hybridized carbons (Fsp3) is 0.929. The van der Waals surface area contributed by atoms with Crippen LogP contribution in [0.3, 0.4) is 0 Å². The molecule has 4 N–H and O–H groups in total. The molecule has 1 fully saturated rings. The summed E-state index contributed by atoms with van der Waals surface area (Å²) in [6, 6.07) is 0.912. The van der Waals surface area contributed by atoms with Gasteiger partial charge in [-0.3, -0.25) is 0 Å². The normalized spacial score (nSPS) is 21.8. The molecule has 2 unspecified atom stereocenters. The zero-order chi connectivity index (χ0) is 13.4. The average Bonchev–Trinajstić information content (AvgIpc) is 2.43. The Morgan fingerprint density at radius 2 is 1.94 bits per heavy atom. The Labute approximate surface area is 111 Å². The number of hydrogen-bond donors (Lipinski definition) is 3. The molecule has 1 saturated carbocycles. The predicted molar refractivity (Wildman–Crippen MR) is 75.9 cm³/mol. The summed E-state index contributed by atoms with van der Waals surface area (Å²) in [5.74, 6) is 1.14. The van der Waals surface area contributed by atoms with Crippen LogP contribution in [0.1, 0.15) is 65.2 Å². The van der Waals surface area contributed by atoms with Crippen molar-refractivity contribution in [1.29, 1.82) is 0 Å². The third-order valence-corrected chi connectivity index (χ3v) is 4.19. The van der Waals surface area contributed by atoms with Crippen molar-refractivity contribution in [1.82, 2.24) is 5.32 Å². The molecular weight excluding hydrogens is 226 g/mol. The van der Waals surface area contributed by atoms with Gasteiger partial charge in [-0.2, -0.15) is 0 Å². The quantitative estimate of drug-likeness (QED) is 0.283. The molecule has 1 aliphatic rings. The molecule has 1 aliphatic carbocycles. The summed E-state index contributed by atoms with van der Waals surface area (Å²) in [5.41, 5.74) is 5.61. The second-order valence-corrected chi connectivity index (χ2v) is 5.48. The largest absolute Gasteiger partial charge is 0.409 e. The van der Waals surface area contributed by atoms with Crippen molar-refractivity contribution >= 4 is 5.84 Å². The second-order valence-electron chi connectivity index (χ2n) is 5.48. The Balaban J connectivity index is 2.48. The number of oxime groups is 1. The van der Waals surface area contributed by atoms with Crippen molar-refractivity contribution in [2.75, 3.05) is 0 Å². The number of amidine groups is 1. The molecule has 2 atom stereocenters. The van der Waals surface area contributed by atoms with E-state index in [1.54, 1.807) is 0 Å². The zero-order valence-corrected chi connectivity index (χ0v) is 11.9. The molecule has 0 bridgehead atoms. The summed E-state index contributed by atoms with van der Waals surface area (Å²) in [7, 11) is 0. The first-order valence-corrected chi connectivity index (χ1v) is 7.43. The number of nitrogens with zero attached hydrogens (tertiary/aromatic N) is 1. The van der Waals surface area contributed by atoms with Gasteiger partial charge in [0.25, 0.3) is 0 Å². The highest BCUT2D eigenvalue weighted by molar-refractivity contribution is 5.80. The standard InChI is InChI=1S/C14H29N3O/c1-3-12(10-14(15)17-18)16-13(4-2)11-8-6-5-7-9-11/h11-13,16,18H,3-10H2,1-2H3,(H2,15,17). The molecular formula is C14H29N3O. The van der Waals surface area contributed by atoms with E-state index in [0.717, 1.165) is 18.8 Å². The van der Waals surface area contributed by atoms with Gasteiger partial charge in [-0.15, -0.1) is 0 Å². The lowest BCUT2D eigenvalue weighted by Gasteiger charge is -2.33. The van der Waals surface area contributed by atoms with Crippen LogP contribution in [0.5, 0.6) is 0 Å². The number of rotatable bonds is 7. The van der Waals surface area contributed by atoms with Crippen LogP contribution >= 0.6 is 0 Å². The summed E-state index contributed by atoms with van der Waals surface area (Å²) in [5, 5.41) is 15.4. The fourth-order valence-corrected chi connectivity index (χ4v) is 3.04. The fourth-order valence-electron chi connectivity index (χ4n) is 3.04. The molecule has 0 radical (unpaired) electrons. The monoisotopic (exact) mass is 255 g/mol. The van der Waals surface area contributed by atoms with E-state index in [2.05, 4.69) is 24.3 Å². The maximum absolute atomic E-state index is 8.65. The third kappa shape index (κ3) is 4.84. The van der Waals surface area contributed by atoms with E-state index in [9.17, 15) is 0 Å². The molecule has 4 nitrogen and oxygen atoms in total. The molecule has 0 aromatic heterocycles. The van der Waals surface area contributed by atoms with E-state index in [1.807, 2.05) is 0 Å². The lowest BCUT2D eigenvalue weighted by Crippen LogP contribution is -2.44. The summed E-state index contributed by atoms with van der Waals surface area (Å²) >= 11 is 0. The Kier molecular flexibility index (Phi) is 7.09. The van der Waals surface area contributed by atoms with Crippen LogP contribution in [-0.4, -0.2) is 23.1 Å². The van der Waals surface area contributed by atoms with E-state index in [-0.39, 0.29) is 0 Å². The van der Waals surface area contributed by atoms with Gasteiger partial charge in [-0.05, 0) is 31.6 Å². The molecule has 4 heteroatoms. The topological polar surface area (TPSA) is 70.6 Å². The van der Waals surface area contributed by atoms with Crippen molar-refractivity contribution in [2.45, 2.75) is 77.3 Å². The van der Waals surface area contributed by atoms with E-state index in [4.69, 9.17) is 10.9 Å². The minimum atomic E-state index is 0.327. The Bertz CT molecular complexity index is 249. The third-order valence-electron chi connectivity index (χ3n) is 4.19. The lowest BCUT2D eigenvalue weighted by atomic mass is 9.82. The predicted octanol–water partition coefficient (Wildman–Crippen LogP) is 2.85. The van der Waals surface area contributed by atoms with Crippen LogP contribution < -0.4 is 11.1 Å². The van der Waals surface area contributed by atoms with E-state index < -0.39 is 0 Å². The van der Waals surface area contributed by atoms with Crippen LogP contribution in [0.15, 0.2) is 5.16 Å². The first-order valence-electron chi connectivity index (χ1n) is 7.43. The van der Waals surface area contributed by atoms with Gasteiger partial charge in [0.15, 0.2) is 0 Å². The van der Waals surface area contributed by atoms with Gasteiger partial charge in [0.2, 0.25) is 0 Å². The van der Waals surface area contributed by atoms with E-state index in [1.165, 1.54) is 32.1 Å². The van der Waals surface area contributed by atoms with Crippen LogP contribution in [0.4, 0.5) is 0 Å². The minimum absolute atomic E-state index is 0.327. The summed E-state index contributed by atoms with van der Waals surface area (Å²) in [6.45, 7) is 4.40. The molecule has 0 aliphatic heterocycles. The highest BCUT2D eigenvalue weighted by Gasteiger charge is 2.24. The molecule has 0 heterocycles. The smallest absolute Gasteiger partial charge is 0.140 e. The Morgan fingerprint density at radius 1 is 1.28 bits per heavy atom. The van der Waals surface area contributed by atoms with Gasteiger partial charge < -0.3 is 16.3 Å². The van der Waals surface area contributed by atoms with Crippen LogP contribution in [0.2, 0.25) is 0 Å². The lowest BCUT2D eigenvalue weighted by molar-refractivity contribution is 0.243. The molecule has 0 saturated heterocycles. The van der Waals surface area contributed by atoms with Gasteiger partial charge in [-0.1, -0.05) is 38.3 Å². The molecule has 0 aromatic rings. The molecule has 1 rings (SSSR count). The van der Waals surface area contributed by atoms with Crippen molar-refractivity contribution < 1.29 is 5.21 Å².